The first-order valence-electron chi connectivity index (χ1n) is 7.79. The normalized spacial score (nSPS) is 16.1. The van der Waals surface area contributed by atoms with Crippen molar-refractivity contribution in [1.82, 2.24) is 10.2 Å². The monoisotopic (exact) mass is 366 g/mol. The van der Waals surface area contributed by atoms with Gasteiger partial charge in [0, 0.05) is 24.5 Å². The number of thioether (sulfide) groups is 1. The van der Waals surface area contributed by atoms with E-state index in [-0.39, 0.29) is 30.1 Å². The van der Waals surface area contributed by atoms with Gasteiger partial charge in [-0.1, -0.05) is 43.1 Å². The van der Waals surface area contributed by atoms with Crippen LogP contribution in [0.2, 0.25) is 5.02 Å². The third kappa shape index (κ3) is 4.85. The minimum absolute atomic E-state index is 0.0598. The van der Waals surface area contributed by atoms with Crippen LogP contribution in [0.15, 0.2) is 29.2 Å². The first-order chi connectivity index (χ1) is 11.5. The highest BCUT2D eigenvalue weighted by molar-refractivity contribution is 8.18. The Kier molecular flexibility index (Phi) is 6.87. The van der Waals surface area contributed by atoms with E-state index in [0.717, 1.165) is 29.5 Å². The number of rotatable bonds is 7. The third-order valence-corrected chi connectivity index (χ3v) is 4.73. The van der Waals surface area contributed by atoms with Gasteiger partial charge in [0.1, 0.15) is 0 Å². The molecule has 1 heterocycles. The van der Waals surface area contributed by atoms with Crippen LogP contribution in [0.3, 0.4) is 0 Å². The van der Waals surface area contributed by atoms with E-state index in [1.165, 1.54) is 0 Å². The molecule has 2 rings (SSSR count). The van der Waals surface area contributed by atoms with E-state index in [9.17, 15) is 14.4 Å². The van der Waals surface area contributed by atoms with Crippen molar-refractivity contribution in [1.29, 1.82) is 0 Å². The molecule has 5 nitrogen and oxygen atoms in total. The first kappa shape index (κ1) is 18.5. The van der Waals surface area contributed by atoms with E-state index in [1.807, 2.05) is 13.0 Å². The molecule has 1 saturated heterocycles. The lowest BCUT2D eigenvalue weighted by molar-refractivity contribution is -0.124. The van der Waals surface area contributed by atoms with Crippen molar-refractivity contribution < 1.29 is 14.4 Å². The number of nitrogens with one attached hydrogen (secondary N) is 1. The van der Waals surface area contributed by atoms with Crippen molar-refractivity contribution >= 4 is 46.5 Å². The summed E-state index contributed by atoms with van der Waals surface area (Å²) in [7, 11) is 0. The largest absolute Gasteiger partial charge is 0.354 e. The molecular formula is C17H19ClN2O3S. The summed E-state index contributed by atoms with van der Waals surface area (Å²) in [6.07, 6.45) is 3.86. The number of amides is 3. The highest BCUT2D eigenvalue weighted by Crippen LogP contribution is 2.33. The van der Waals surface area contributed by atoms with Crippen LogP contribution in [0, 0.1) is 0 Å². The molecule has 1 fully saturated rings. The average Bonchev–Trinajstić information content (AvgIpc) is 2.82. The van der Waals surface area contributed by atoms with Gasteiger partial charge in [-0.15, -0.1) is 0 Å². The van der Waals surface area contributed by atoms with Crippen LogP contribution in [0.5, 0.6) is 0 Å². The van der Waals surface area contributed by atoms with Gasteiger partial charge >= 0.3 is 0 Å². The number of imide groups is 1. The number of nitrogens with zero attached hydrogens (tertiary/aromatic N) is 1. The summed E-state index contributed by atoms with van der Waals surface area (Å²) in [6, 6.07) is 7.12. The maximum atomic E-state index is 12.3. The standard InChI is InChI=1S/C17H19ClN2O3S/c1-2-3-8-15(21)19-9-10-20-16(22)14(24-17(20)23)11-12-6-4-5-7-13(12)18/h4-7,11H,2-3,8-10H2,1H3,(H,19,21). The molecule has 0 unspecified atom stereocenters. The molecule has 0 atom stereocenters. The number of unbranched alkanes of at least 4 members (excludes halogenated alkanes) is 1. The molecule has 0 aliphatic carbocycles. The van der Waals surface area contributed by atoms with Gasteiger partial charge in [0.05, 0.1) is 4.91 Å². The maximum Gasteiger partial charge on any atom is 0.293 e. The predicted molar refractivity (Wildman–Crippen MR) is 96.7 cm³/mol. The van der Waals surface area contributed by atoms with Gasteiger partial charge in [0.2, 0.25) is 5.91 Å². The van der Waals surface area contributed by atoms with Crippen LogP contribution in [0.4, 0.5) is 4.79 Å². The Morgan fingerprint density at radius 3 is 2.79 bits per heavy atom. The van der Waals surface area contributed by atoms with Crippen LogP contribution in [-0.4, -0.2) is 35.0 Å². The van der Waals surface area contributed by atoms with Crippen LogP contribution < -0.4 is 5.32 Å². The Bertz CT molecular complexity index is 676. The van der Waals surface area contributed by atoms with Crippen molar-refractivity contribution in [2.24, 2.45) is 0 Å². The average molecular weight is 367 g/mol. The number of halogens is 1. The Hall–Kier alpha value is -1.79. The molecule has 1 aromatic rings. The number of hydrogen-bond donors (Lipinski definition) is 1. The molecule has 1 aromatic carbocycles. The summed E-state index contributed by atoms with van der Waals surface area (Å²) >= 11 is 6.96. The van der Waals surface area contributed by atoms with E-state index < -0.39 is 0 Å². The molecule has 0 aromatic heterocycles. The molecule has 7 heteroatoms. The van der Waals surface area contributed by atoms with Gasteiger partial charge < -0.3 is 5.32 Å². The fraction of sp³-hybridized carbons (Fsp3) is 0.353. The van der Waals surface area contributed by atoms with Gasteiger partial charge in [-0.05, 0) is 35.9 Å². The zero-order chi connectivity index (χ0) is 17.5. The summed E-state index contributed by atoms with van der Waals surface area (Å²) in [5.74, 6) is -0.414. The van der Waals surface area contributed by atoms with Gasteiger partial charge in [-0.3, -0.25) is 19.3 Å². The van der Waals surface area contributed by atoms with Crippen LogP contribution in [-0.2, 0) is 9.59 Å². The van der Waals surface area contributed by atoms with Crippen molar-refractivity contribution in [3.63, 3.8) is 0 Å². The van der Waals surface area contributed by atoms with Gasteiger partial charge in [0.25, 0.3) is 11.1 Å². The van der Waals surface area contributed by atoms with Crippen LogP contribution >= 0.6 is 23.4 Å². The van der Waals surface area contributed by atoms with E-state index in [4.69, 9.17) is 11.6 Å². The second-order valence-corrected chi connectivity index (χ2v) is 6.71. The lowest BCUT2D eigenvalue weighted by Gasteiger charge is -2.12. The lowest BCUT2D eigenvalue weighted by atomic mass is 10.2. The molecule has 0 bridgehead atoms. The predicted octanol–water partition coefficient (Wildman–Crippen LogP) is 3.68. The SMILES string of the molecule is CCCCC(=O)NCCN1C(=O)SC(=Cc2ccccc2Cl)C1=O. The Morgan fingerprint density at radius 2 is 2.08 bits per heavy atom. The van der Waals surface area contributed by atoms with Gasteiger partial charge in [-0.25, -0.2) is 0 Å². The van der Waals surface area contributed by atoms with Crippen LogP contribution in [0.25, 0.3) is 6.08 Å². The fourth-order valence-electron chi connectivity index (χ4n) is 2.16. The highest BCUT2D eigenvalue weighted by Gasteiger charge is 2.34. The zero-order valence-electron chi connectivity index (χ0n) is 13.4. The minimum Gasteiger partial charge on any atom is -0.354 e. The Labute approximate surface area is 150 Å². The van der Waals surface area contributed by atoms with E-state index in [1.54, 1.807) is 24.3 Å². The number of carbonyl (C=O) groups excluding carboxylic acids is 3. The maximum absolute atomic E-state index is 12.3. The van der Waals surface area contributed by atoms with E-state index >= 15 is 0 Å². The number of benzene rings is 1. The summed E-state index contributed by atoms with van der Waals surface area (Å²) in [4.78, 5) is 37.4. The topological polar surface area (TPSA) is 66.5 Å². The van der Waals surface area contributed by atoms with Gasteiger partial charge in [0.15, 0.2) is 0 Å². The zero-order valence-corrected chi connectivity index (χ0v) is 15.0. The van der Waals surface area contributed by atoms with Crippen LogP contribution in [0.1, 0.15) is 31.7 Å². The molecule has 0 spiro atoms. The molecule has 0 radical (unpaired) electrons. The van der Waals surface area contributed by atoms with E-state index in [0.29, 0.717) is 21.9 Å². The second kappa shape index (κ2) is 8.89. The van der Waals surface area contributed by atoms with Gasteiger partial charge in [-0.2, -0.15) is 0 Å². The second-order valence-electron chi connectivity index (χ2n) is 5.31. The number of carbonyl (C=O) groups is 3. The molecule has 0 saturated carbocycles. The highest BCUT2D eigenvalue weighted by atomic mass is 35.5. The van der Waals surface area contributed by atoms with Crippen molar-refractivity contribution in [3.8, 4) is 0 Å². The summed E-state index contributed by atoms with van der Waals surface area (Å²) < 4.78 is 0. The fourth-order valence-corrected chi connectivity index (χ4v) is 3.21. The van der Waals surface area contributed by atoms with Crippen molar-refractivity contribution in [2.75, 3.05) is 13.1 Å². The smallest absolute Gasteiger partial charge is 0.293 e. The molecule has 1 aliphatic rings. The molecular weight excluding hydrogens is 348 g/mol. The minimum atomic E-state index is -0.354. The van der Waals surface area contributed by atoms with Crippen molar-refractivity contribution in [3.05, 3.63) is 39.8 Å². The Balaban J connectivity index is 1.94. The Morgan fingerprint density at radius 1 is 1.33 bits per heavy atom. The summed E-state index contributed by atoms with van der Waals surface area (Å²) in [5.41, 5.74) is 0.692. The first-order valence-corrected chi connectivity index (χ1v) is 8.99. The lowest BCUT2D eigenvalue weighted by Crippen LogP contribution is -2.37. The summed E-state index contributed by atoms with van der Waals surface area (Å²) in [6.45, 7) is 2.45. The molecule has 128 valence electrons. The molecule has 24 heavy (non-hydrogen) atoms. The summed E-state index contributed by atoms with van der Waals surface area (Å²) in [5, 5.41) is 2.91. The molecule has 1 aliphatic heterocycles. The molecule has 3 amide bonds. The third-order valence-electron chi connectivity index (χ3n) is 3.48. The van der Waals surface area contributed by atoms with E-state index in [2.05, 4.69) is 5.32 Å². The quantitative estimate of drug-likeness (QED) is 0.747. The molecule has 1 N–H and O–H groups in total. The number of hydrogen-bond acceptors (Lipinski definition) is 4. The van der Waals surface area contributed by atoms with Crippen molar-refractivity contribution in [2.45, 2.75) is 26.2 Å².